The number of nitrogens with zero attached hydrogens (tertiary/aromatic N) is 1. The third-order valence-corrected chi connectivity index (χ3v) is 18.5. The smallest absolute Gasteiger partial charge is 0.127 e. The molecule has 0 fully saturated rings. The van der Waals surface area contributed by atoms with Gasteiger partial charge in [-0.05, 0) is 228 Å². The zero-order valence-corrected chi connectivity index (χ0v) is 50.4. The van der Waals surface area contributed by atoms with Crippen LogP contribution in [0.1, 0.15) is 66.8 Å². The molecule has 2 aliphatic carbocycles. The molecule has 2 atom stereocenters. The largest absolute Gasteiger partial charge is 0.457 e. The van der Waals surface area contributed by atoms with Crippen molar-refractivity contribution in [1.29, 1.82) is 0 Å². The summed E-state index contributed by atoms with van der Waals surface area (Å²) in [6, 6.07) is 102. The fraction of sp³-hybridized carbons (Fsp3) is 0.0465. The van der Waals surface area contributed by atoms with Crippen LogP contribution in [0.3, 0.4) is 0 Å². The molecule has 436 valence electrons. The van der Waals surface area contributed by atoms with E-state index in [9.17, 15) is 0 Å². The van der Waals surface area contributed by atoms with Gasteiger partial charge in [-0.3, -0.25) is 0 Å². The van der Waals surface area contributed by atoms with Crippen molar-refractivity contribution in [2.75, 3.05) is 4.90 Å². The highest BCUT2D eigenvalue weighted by molar-refractivity contribution is 5.93. The van der Waals surface area contributed by atoms with E-state index in [1.165, 1.54) is 0 Å². The number of fused-ring (bicyclic) bond motifs is 6. The average molecular weight is 1180 g/mol. The van der Waals surface area contributed by atoms with Crippen molar-refractivity contribution in [3.63, 3.8) is 0 Å². The van der Waals surface area contributed by atoms with Crippen LogP contribution in [-0.4, -0.2) is 0 Å². The van der Waals surface area contributed by atoms with Gasteiger partial charge in [0.2, 0.25) is 0 Å². The van der Waals surface area contributed by atoms with Gasteiger partial charge < -0.3 is 14.4 Å². The molecular formula is C86H61F2NO2. The molecule has 0 radical (unpaired) electrons. The highest BCUT2D eigenvalue weighted by atomic mass is 19.1. The van der Waals surface area contributed by atoms with E-state index in [0.717, 1.165) is 117 Å². The fourth-order valence-corrected chi connectivity index (χ4v) is 14.0. The SMILES string of the molecule is C=Cc1ccc(Oc2ccc(C3(c4ccc(C)c(F)c4)c4ccccc4-c4ccc(N(c5ccc(-c6cccc(-c7ccccc7)c6)cc5)c5ccc6c(c5)C(c5ccc(Oc7ccc(C=C)cc7)cc5)(c5ccc(C)c(F)c5)c5ccccc5-6)cc43)cc2)cc1. The summed E-state index contributed by atoms with van der Waals surface area (Å²) >= 11 is 0. The second kappa shape index (κ2) is 23.0. The first kappa shape index (κ1) is 56.1. The van der Waals surface area contributed by atoms with Gasteiger partial charge in [-0.1, -0.05) is 219 Å². The van der Waals surface area contributed by atoms with Crippen LogP contribution in [0.15, 0.2) is 310 Å². The third kappa shape index (κ3) is 9.65. The summed E-state index contributed by atoms with van der Waals surface area (Å²) in [6.07, 6.45) is 3.62. The van der Waals surface area contributed by atoms with Crippen LogP contribution in [0.25, 0.3) is 56.7 Å². The Balaban J connectivity index is 0.940. The van der Waals surface area contributed by atoms with Crippen LogP contribution in [0.4, 0.5) is 25.8 Å². The fourth-order valence-electron chi connectivity index (χ4n) is 14.0. The van der Waals surface area contributed by atoms with E-state index in [0.29, 0.717) is 34.1 Å². The molecule has 2 unspecified atom stereocenters. The van der Waals surface area contributed by atoms with Gasteiger partial charge in [-0.15, -0.1) is 0 Å². The maximum absolute atomic E-state index is 16.6. The highest BCUT2D eigenvalue weighted by Crippen LogP contribution is 2.60. The molecule has 0 N–H and O–H groups in total. The number of rotatable bonds is 15. The van der Waals surface area contributed by atoms with Gasteiger partial charge in [0.25, 0.3) is 0 Å². The Bertz CT molecular complexity index is 4690. The lowest BCUT2D eigenvalue weighted by Crippen LogP contribution is -2.29. The van der Waals surface area contributed by atoms with E-state index >= 15 is 8.78 Å². The Hall–Kier alpha value is -11.4. The lowest BCUT2D eigenvalue weighted by atomic mass is 9.67. The van der Waals surface area contributed by atoms with Gasteiger partial charge in [-0.25, -0.2) is 8.78 Å². The van der Waals surface area contributed by atoms with Crippen molar-refractivity contribution < 1.29 is 18.3 Å². The molecule has 2 aliphatic rings. The number of hydrogen-bond acceptors (Lipinski definition) is 3. The molecule has 3 nitrogen and oxygen atoms in total. The first-order chi connectivity index (χ1) is 44.6. The molecule has 0 spiro atoms. The van der Waals surface area contributed by atoms with Gasteiger partial charge in [0.05, 0.1) is 10.8 Å². The van der Waals surface area contributed by atoms with E-state index in [1.807, 2.05) is 117 Å². The normalized spacial score (nSPS) is 15.0. The van der Waals surface area contributed by atoms with Gasteiger partial charge in [0, 0.05) is 17.1 Å². The topological polar surface area (TPSA) is 21.7 Å². The van der Waals surface area contributed by atoms with E-state index in [4.69, 9.17) is 9.47 Å². The number of halogens is 2. The van der Waals surface area contributed by atoms with Crippen molar-refractivity contribution >= 4 is 29.2 Å². The van der Waals surface area contributed by atoms with E-state index in [2.05, 4.69) is 212 Å². The lowest BCUT2D eigenvalue weighted by Gasteiger charge is -2.36. The van der Waals surface area contributed by atoms with Crippen LogP contribution in [0.5, 0.6) is 23.0 Å². The monoisotopic (exact) mass is 1180 g/mol. The Morgan fingerprint density at radius 2 is 0.670 bits per heavy atom. The maximum Gasteiger partial charge on any atom is 0.127 e. The minimum atomic E-state index is -0.991. The minimum Gasteiger partial charge on any atom is -0.457 e. The molecule has 0 saturated carbocycles. The highest BCUT2D eigenvalue weighted by Gasteiger charge is 2.49. The van der Waals surface area contributed by atoms with Crippen molar-refractivity contribution in [3.05, 3.63) is 389 Å². The summed E-state index contributed by atoms with van der Waals surface area (Å²) in [5, 5.41) is 0. The van der Waals surface area contributed by atoms with Crippen molar-refractivity contribution in [1.82, 2.24) is 0 Å². The molecule has 91 heavy (non-hydrogen) atoms. The number of aryl methyl sites for hydroxylation is 2. The van der Waals surface area contributed by atoms with Crippen LogP contribution in [0, 0.1) is 25.5 Å². The molecule has 0 bridgehead atoms. The van der Waals surface area contributed by atoms with Crippen molar-refractivity contribution in [3.8, 4) is 67.5 Å². The minimum absolute atomic E-state index is 0.283. The van der Waals surface area contributed by atoms with E-state index < -0.39 is 10.8 Å². The zero-order valence-electron chi connectivity index (χ0n) is 50.4. The third-order valence-electron chi connectivity index (χ3n) is 18.5. The Morgan fingerprint density at radius 1 is 0.308 bits per heavy atom. The van der Waals surface area contributed by atoms with Crippen molar-refractivity contribution in [2.45, 2.75) is 24.7 Å². The molecular weight excluding hydrogens is 1120 g/mol. The second-order valence-corrected chi connectivity index (χ2v) is 23.6. The van der Waals surface area contributed by atoms with Crippen LogP contribution in [-0.2, 0) is 10.8 Å². The lowest BCUT2D eigenvalue weighted by molar-refractivity contribution is 0.482. The number of anilines is 3. The van der Waals surface area contributed by atoms with Crippen LogP contribution in [0.2, 0.25) is 0 Å². The van der Waals surface area contributed by atoms with E-state index in [1.54, 1.807) is 12.1 Å². The molecule has 15 rings (SSSR count). The average Bonchev–Trinajstić information content (AvgIpc) is 1.58. The Kier molecular flexibility index (Phi) is 14.2. The predicted molar refractivity (Wildman–Crippen MR) is 369 cm³/mol. The summed E-state index contributed by atoms with van der Waals surface area (Å²) in [4.78, 5) is 2.33. The molecule has 0 aliphatic heterocycles. The van der Waals surface area contributed by atoms with Crippen LogP contribution >= 0.6 is 0 Å². The first-order valence-corrected chi connectivity index (χ1v) is 30.7. The predicted octanol–water partition coefficient (Wildman–Crippen LogP) is 23.0. The zero-order chi connectivity index (χ0) is 61.8. The first-order valence-electron chi connectivity index (χ1n) is 30.7. The molecule has 13 aromatic carbocycles. The number of hydrogen-bond donors (Lipinski definition) is 0. The molecule has 0 heterocycles. The number of ether oxygens (including phenoxy) is 2. The van der Waals surface area contributed by atoms with Gasteiger partial charge in [0.15, 0.2) is 0 Å². The molecule has 0 saturated heterocycles. The Labute approximate surface area is 530 Å². The second-order valence-electron chi connectivity index (χ2n) is 23.6. The molecule has 0 aromatic heterocycles. The van der Waals surface area contributed by atoms with Gasteiger partial charge in [0.1, 0.15) is 34.6 Å². The van der Waals surface area contributed by atoms with Crippen LogP contribution < -0.4 is 14.4 Å². The quantitative estimate of drug-likeness (QED) is 0.102. The summed E-state index contributed by atoms with van der Waals surface area (Å²) in [7, 11) is 0. The van der Waals surface area contributed by atoms with E-state index in [-0.39, 0.29) is 11.6 Å². The summed E-state index contributed by atoms with van der Waals surface area (Å²) < 4.78 is 46.1. The summed E-state index contributed by atoms with van der Waals surface area (Å²) in [5.74, 6) is 2.19. The molecule has 5 heteroatoms. The summed E-state index contributed by atoms with van der Waals surface area (Å²) in [5.41, 5.74) is 20.1. The van der Waals surface area contributed by atoms with Gasteiger partial charge >= 0.3 is 0 Å². The molecule has 0 amide bonds. The number of benzene rings is 13. The van der Waals surface area contributed by atoms with Gasteiger partial charge in [-0.2, -0.15) is 0 Å². The maximum atomic E-state index is 16.6. The standard InChI is InChI=1S/C86H61F2NO2/c1-5-58-25-41-71(42-26-58)90-73-45-33-64(34-46-73)85(66-31-23-56(3)83(87)52-66)79-21-12-10-19-75(79)77-49-39-69(54-81(77)85)89(68-37-29-61(30-38-68)63-18-14-17-62(51-63)60-15-8-7-9-16-60)70-40-50-78-76-20-11-13-22-80(76)86(82(78)55-70,67-32-24-57(4)84(88)53-67)65-35-47-74(48-36-65)91-72-43-27-59(6-2)28-44-72/h5-55H,1-2H2,3-4H3. The summed E-state index contributed by atoms with van der Waals surface area (Å²) in [6.45, 7) is 11.5. The van der Waals surface area contributed by atoms with Crippen molar-refractivity contribution in [2.24, 2.45) is 0 Å². The Morgan fingerprint density at radius 3 is 1.10 bits per heavy atom. The molecule has 13 aromatic rings.